The van der Waals surface area contributed by atoms with Crippen molar-refractivity contribution in [2.75, 3.05) is 49.0 Å². The molecule has 228 valence electrons. The summed E-state index contributed by atoms with van der Waals surface area (Å²) >= 11 is 0. The SMILES string of the molecule is COC(=O)Cc1cccc(NC(=O)NCC(=O)N(CCC(C)(C)C)c2ccccc2OCC(=O)N(C)c2ccccc2)c1. The van der Waals surface area contributed by atoms with Crippen LogP contribution in [0, 0.1) is 5.41 Å². The average molecular weight is 589 g/mol. The number of methoxy groups -OCH3 is 1. The van der Waals surface area contributed by atoms with Crippen LogP contribution in [-0.2, 0) is 25.5 Å². The summed E-state index contributed by atoms with van der Waals surface area (Å²) in [6.07, 6.45) is 0.756. The van der Waals surface area contributed by atoms with E-state index in [0.29, 0.717) is 35.7 Å². The standard InChI is InChI=1S/C33H40N4O6/c1-33(2,3)18-19-37(29(38)22-34-32(41)35-25-13-11-12-24(20-25)21-31(40)42-5)27-16-9-10-17-28(27)43-23-30(39)36(4)26-14-7-6-8-15-26/h6-17,20H,18-19,21-23H2,1-5H3,(H2,34,35,41). The number of esters is 1. The Bertz CT molecular complexity index is 1400. The number of likely N-dealkylation sites (N-methyl/N-ethyl adjacent to an activating group) is 1. The quantitative estimate of drug-likeness (QED) is 0.287. The number of anilines is 3. The number of carbonyl (C=O) groups excluding carboxylic acids is 4. The predicted molar refractivity (Wildman–Crippen MR) is 167 cm³/mol. The Morgan fingerprint density at radius 1 is 0.860 bits per heavy atom. The summed E-state index contributed by atoms with van der Waals surface area (Å²) < 4.78 is 10.6. The third-order valence-corrected chi connectivity index (χ3v) is 6.57. The van der Waals surface area contributed by atoms with E-state index in [4.69, 9.17) is 9.47 Å². The molecule has 3 aromatic carbocycles. The summed E-state index contributed by atoms with van der Waals surface area (Å²) in [4.78, 5) is 53.7. The van der Waals surface area contributed by atoms with Crippen LogP contribution in [0.1, 0.15) is 32.8 Å². The number of amides is 4. The molecule has 0 aliphatic heterocycles. The van der Waals surface area contributed by atoms with Crippen molar-refractivity contribution in [3.8, 4) is 5.75 Å². The molecule has 0 saturated carbocycles. The Labute approximate surface area is 253 Å². The minimum Gasteiger partial charge on any atom is -0.482 e. The molecule has 10 nitrogen and oxygen atoms in total. The van der Waals surface area contributed by atoms with Gasteiger partial charge in [-0.25, -0.2) is 4.79 Å². The number of ether oxygens (including phenoxy) is 2. The summed E-state index contributed by atoms with van der Waals surface area (Å²) in [6.45, 7) is 6.11. The van der Waals surface area contributed by atoms with Crippen molar-refractivity contribution >= 4 is 40.9 Å². The van der Waals surface area contributed by atoms with Gasteiger partial charge in [-0.1, -0.05) is 63.2 Å². The van der Waals surface area contributed by atoms with Gasteiger partial charge in [-0.05, 0) is 53.8 Å². The van der Waals surface area contributed by atoms with Gasteiger partial charge < -0.3 is 29.9 Å². The molecule has 0 fully saturated rings. The van der Waals surface area contributed by atoms with E-state index in [9.17, 15) is 19.2 Å². The van der Waals surface area contributed by atoms with Crippen LogP contribution in [0.5, 0.6) is 5.75 Å². The number of rotatable bonds is 12. The zero-order valence-electron chi connectivity index (χ0n) is 25.4. The highest BCUT2D eigenvalue weighted by Gasteiger charge is 2.23. The number of hydrogen-bond donors (Lipinski definition) is 2. The van der Waals surface area contributed by atoms with Gasteiger partial charge in [-0.3, -0.25) is 14.4 Å². The van der Waals surface area contributed by atoms with Crippen molar-refractivity contribution in [3.63, 3.8) is 0 Å². The molecule has 2 N–H and O–H groups in total. The third kappa shape index (κ3) is 10.5. The molecule has 4 amide bonds. The zero-order valence-corrected chi connectivity index (χ0v) is 25.4. The highest BCUT2D eigenvalue weighted by Crippen LogP contribution is 2.30. The monoisotopic (exact) mass is 588 g/mol. The fourth-order valence-electron chi connectivity index (χ4n) is 4.09. The number of para-hydroxylation sites is 3. The summed E-state index contributed by atoms with van der Waals surface area (Å²) in [5, 5.41) is 5.31. The van der Waals surface area contributed by atoms with Crippen molar-refractivity contribution in [3.05, 3.63) is 84.4 Å². The number of carbonyl (C=O) groups is 4. The lowest BCUT2D eigenvalue weighted by molar-refractivity contribution is -0.139. The summed E-state index contributed by atoms with van der Waals surface area (Å²) in [5.41, 5.74) is 2.33. The molecule has 0 saturated heterocycles. The molecule has 3 aromatic rings. The van der Waals surface area contributed by atoms with Gasteiger partial charge in [0.1, 0.15) is 5.75 Å². The maximum absolute atomic E-state index is 13.5. The normalized spacial score (nSPS) is 10.8. The lowest BCUT2D eigenvalue weighted by Gasteiger charge is -2.29. The van der Waals surface area contributed by atoms with Gasteiger partial charge in [0.15, 0.2) is 6.61 Å². The molecule has 0 spiro atoms. The molecular weight excluding hydrogens is 548 g/mol. The van der Waals surface area contributed by atoms with E-state index in [1.165, 1.54) is 12.0 Å². The van der Waals surface area contributed by atoms with Gasteiger partial charge in [0.2, 0.25) is 5.91 Å². The second kappa shape index (κ2) is 15.4. The Hall–Kier alpha value is -4.86. The van der Waals surface area contributed by atoms with Crippen molar-refractivity contribution in [1.29, 1.82) is 0 Å². The molecule has 0 aromatic heterocycles. The first-order valence-corrected chi connectivity index (χ1v) is 14.0. The molecule has 0 unspecified atom stereocenters. The third-order valence-electron chi connectivity index (χ3n) is 6.57. The largest absolute Gasteiger partial charge is 0.482 e. The average Bonchev–Trinajstić information content (AvgIpc) is 2.99. The highest BCUT2D eigenvalue weighted by molar-refractivity contribution is 5.99. The van der Waals surface area contributed by atoms with Gasteiger partial charge in [0.05, 0.1) is 25.8 Å². The number of hydrogen-bond acceptors (Lipinski definition) is 6. The molecule has 3 rings (SSSR count). The van der Waals surface area contributed by atoms with Gasteiger partial charge in [-0.15, -0.1) is 0 Å². The molecule has 0 aliphatic rings. The Balaban J connectivity index is 1.69. The molecular formula is C33H40N4O6. The number of nitrogens with one attached hydrogen (secondary N) is 2. The Morgan fingerprint density at radius 3 is 2.26 bits per heavy atom. The van der Waals surface area contributed by atoms with Crippen molar-refractivity contribution in [1.82, 2.24) is 5.32 Å². The van der Waals surface area contributed by atoms with E-state index in [1.54, 1.807) is 60.5 Å². The van der Waals surface area contributed by atoms with E-state index in [0.717, 1.165) is 5.69 Å². The van der Waals surface area contributed by atoms with E-state index < -0.39 is 6.03 Å². The second-order valence-corrected chi connectivity index (χ2v) is 11.2. The van der Waals surface area contributed by atoms with Crippen LogP contribution in [0.3, 0.4) is 0 Å². The molecule has 0 atom stereocenters. The van der Waals surface area contributed by atoms with E-state index in [1.807, 2.05) is 30.3 Å². The van der Waals surface area contributed by atoms with Crippen LogP contribution in [0.4, 0.5) is 21.9 Å². The van der Waals surface area contributed by atoms with Crippen LogP contribution in [-0.4, -0.2) is 57.7 Å². The molecule has 0 heterocycles. The molecule has 43 heavy (non-hydrogen) atoms. The molecule has 10 heteroatoms. The maximum Gasteiger partial charge on any atom is 0.319 e. The summed E-state index contributed by atoms with van der Waals surface area (Å²) in [7, 11) is 2.99. The number of benzene rings is 3. The first kappa shape index (κ1) is 32.7. The maximum atomic E-state index is 13.5. The first-order valence-electron chi connectivity index (χ1n) is 14.0. The molecule has 0 aliphatic carbocycles. The van der Waals surface area contributed by atoms with Crippen LogP contribution in [0.2, 0.25) is 0 Å². The lowest BCUT2D eigenvalue weighted by Crippen LogP contribution is -2.43. The minimum atomic E-state index is -0.571. The van der Waals surface area contributed by atoms with Crippen molar-refractivity contribution < 1.29 is 28.7 Å². The van der Waals surface area contributed by atoms with Crippen LogP contribution >= 0.6 is 0 Å². The second-order valence-electron chi connectivity index (χ2n) is 11.2. The minimum absolute atomic E-state index is 0.0668. The van der Waals surface area contributed by atoms with Crippen molar-refractivity contribution in [2.24, 2.45) is 5.41 Å². The molecule has 0 radical (unpaired) electrons. The van der Waals surface area contributed by atoms with Gasteiger partial charge in [0, 0.05) is 25.0 Å². The van der Waals surface area contributed by atoms with E-state index in [-0.39, 0.29) is 42.8 Å². The summed E-state index contributed by atoms with van der Waals surface area (Å²) in [6, 6.07) is 22.5. The first-order chi connectivity index (χ1) is 20.5. The van der Waals surface area contributed by atoms with Gasteiger partial charge in [0.25, 0.3) is 5.91 Å². The topological polar surface area (TPSA) is 117 Å². The zero-order chi connectivity index (χ0) is 31.4. The molecule has 0 bridgehead atoms. The fourth-order valence-corrected chi connectivity index (χ4v) is 4.09. The van der Waals surface area contributed by atoms with E-state index >= 15 is 0 Å². The lowest BCUT2D eigenvalue weighted by atomic mass is 9.92. The fraction of sp³-hybridized carbons (Fsp3) is 0.333. The highest BCUT2D eigenvalue weighted by atomic mass is 16.5. The smallest absolute Gasteiger partial charge is 0.319 e. The number of urea groups is 1. The van der Waals surface area contributed by atoms with Crippen molar-refractivity contribution in [2.45, 2.75) is 33.6 Å². The Kier molecular flexibility index (Phi) is 11.7. The van der Waals surface area contributed by atoms with E-state index in [2.05, 4.69) is 31.4 Å². The summed E-state index contributed by atoms with van der Waals surface area (Å²) in [5.74, 6) is -0.601. The van der Waals surface area contributed by atoms with Crippen LogP contribution in [0.25, 0.3) is 0 Å². The van der Waals surface area contributed by atoms with Gasteiger partial charge >= 0.3 is 12.0 Å². The van der Waals surface area contributed by atoms with Crippen LogP contribution in [0.15, 0.2) is 78.9 Å². The number of nitrogens with zero attached hydrogens (tertiary/aromatic N) is 2. The van der Waals surface area contributed by atoms with Crippen LogP contribution < -0.4 is 25.2 Å². The van der Waals surface area contributed by atoms with Gasteiger partial charge in [-0.2, -0.15) is 0 Å². The predicted octanol–water partition coefficient (Wildman–Crippen LogP) is 5.03. The Morgan fingerprint density at radius 2 is 1.56 bits per heavy atom.